The van der Waals surface area contributed by atoms with Gasteiger partial charge in [-0.2, -0.15) is 0 Å². The Labute approximate surface area is 165 Å². The second-order valence-electron chi connectivity index (χ2n) is 5.29. The molecule has 26 heavy (non-hydrogen) atoms. The summed E-state index contributed by atoms with van der Waals surface area (Å²) in [7, 11) is 0. The van der Waals surface area contributed by atoms with Crippen molar-refractivity contribution >= 4 is 57.9 Å². The minimum absolute atomic E-state index is 0.311. The Morgan fingerprint density at radius 3 is 2.65 bits per heavy atom. The van der Waals surface area contributed by atoms with Gasteiger partial charge in [-0.25, -0.2) is 4.90 Å². The first kappa shape index (κ1) is 18.6. The number of imide groups is 1. The average molecular weight is 406 g/mol. The van der Waals surface area contributed by atoms with Crippen molar-refractivity contribution in [1.82, 2.24) is 0 Å². The summed E-state index contributed by atoms with van der Waals surface area (Å²) in [6, 6.07) is 11.7. The molecule has 1 aliphatic rings. The fourth-order valence-electron chi connectivity index (χ4n) is 2.33. The highest BCUT2D eigenvalue weighted by Gasteiger charge is 2.36. The number of nitrogens with zero attached hydrogens (tertiary/aromatic N) is 1. The van der Waals surface area contributed by atoms with Crippen LogP contribution < -0.4 is 9.64 Å². The lowest BCUT2D eigenvalue weighted by Gasteiger charge is -2.12. The molecule has 0 bridgehead atoms. The maximum Gasteiger partial charge on any atom is 0.298 e. The number of rotatable bonds is 5. The van der Waals surface area contributed by atoms with Gasteiger partial charge < -0.3 is 4.74 Å². The second-order valence-corrected chi connectivity index (χ2v) is 7.12. The number of carbonyl (C=O) groups excluding carboxylic acids is 2. The summed E-state index contributed by atoms with van der Waals surface area (Å²) in [5.74, 6) is 0.126. The van der Waals surface area contributed by atoms with Crippen LogP contribution in [0.2, 0.25) is 10.0 Å². The number of anilines is 1. The fraction of sp³-hybridized carbons (Fsp3) is 0.0526. The van der Waals surface area contributed by atoms with Crippen LogP contribution in [0.3, 0.4) is 0 Å². The lowest BCUT2D eigenvalue weighted by atomic mass is 10.2. The van der Waals surface area contributed by atoms with Crippen molar-refractivity contribution in [1.29, 1.82) is 0 Å². The third kappa shape index (κ3) is 3.96. The summed E-state index contributed by atoms with van der Waals surface area (Å²) in [4.78, 5) is 26.3. The van der Waals surface area contributed by atoms with Crippen molar-refractivity contribution in [2.24, 2.45) is 0 Å². The minimum atomic E-state index is -0.398. The summed E-state index contributed by atoms with van der Waals surface area (Å²) in [6.45, 7) is 3.93. The van der Waals surface area contributed by atoms with Crippen molar-refractivity contribution < 1.29 is 14.3 Å². The van der Waals surface area contributed by atoms with Gasteiger partial charge >= 0.3 is 0 Å². The summed E-state index contributed by atoms with van der Waals surface area (Å²) in [5, 5.41) is 0.489. The first-order valence-electron chi connectivity index (χ1n) is 7.56. The first-order chi connectivity index (χ1) is 12.5. The van der Waals surface area contributed by atoms with E-state index < -0.39 is 5.91 Å². The van der Waals surface area contributed by atoms with E-state index in [0.717, 1.165) is 16.7 Å². The van der Waals surface area contributed by atoms with Crippen LogP contribution in [-0.4, -0.2) is 17.8 Å². The zero-order chi connectivity index (χ0) is 18.7. The predicted molar refractivity (Wildman–Crippen MR) is 107 cm³/mol. The monoisotopic (exact) mass is 405 g/mol. The molecule has 4 nitrogen and oxygen atoms in total. The van der Waals surface area contributed by atoms with Crippen molar-refractivity contribution in [2.45, 2.75) is 0 Å². The Balaban J connectivity index is 1.86. The van der Waals surface area contributed by atoms with Gasteiger partial charge in [0.15, 0.2) is 0 Å². The Kier molecular flexibility index (Phi) is 5.71. The summed E-state index contributed by atoms with van der Waals surface area (Å²) in [5.41, 5.74) is 1.13. The molecule has 1 saturated heterocycles. The first-order valence-corrected chi connectivity index (χ1v) is 9.13. The molecule has 2 aromatic rings. The van der Waals surface area contributed by atoms with Gasteiger partial charge in [0, 0.05) is 5.02 Å². The Morgan fingerprint density at radius 2 is 1.96 bits per heavy atom. The predicted octanol–water partition coefficient (Wildman–Crippen LogP) is 5.80. The summed E-state index contributed by atoms with van der Waals surface area (Å²) in [6.07, 6.45) is 3.24. The summed E-state index contributed by atoms with van der Waals surface area (Å²) >= 11 is 13.0. The van der Waals surface area contributed by atoms with Gasteiger partial charge in [0.1, 0.15) is 12.4 Å². The molecule has 1 aliphatic heterocycles. The van der Waals surface area contributed by atoms with Gasteiger partial charge in [0.05, 0.1) is 15.6 Å². The summed E-state index contributed by atoms with van der Waals surface area (Å²) < 4.78 is 5.42. The van der Waals surface area contributed by atoms with E-state index >= 15 is 0 Å². The molecular formula is C19H13Cl2NO3S. The number of hydrogen-bond acceptors (Lipinski definition) is 4. The third-order valence-corrected chi connectivity index (χ3v) is 4.87. The Morgan fingerprint density at radius 1 is 1.15 bits per heavy atom. The van der Waals surface area contributed by atoms with Gasteiger partial charge in [-0.15, -0.1) is 0 Å². The molecule has 0 saturated carbocycles. The highest BCUT2D eigenvalue weighted by molar-refractivity contribution is 8.19. The Hall–Kier alpha value is -2.21. The van der Waals surface area contributed by atoms with E-state index in [0.29, 0.717) is 38.6 Å². The van der Waals surface area contributed by atoms with E-state index in [-0.39, 0.29) is 5.24 Å². The second kappa shape index (κ2) is 7.99. The zero-order valence-corrected chi connectivity index (χ0v) is 15.8. The maximum atomic E-state index is 12.6. The van der Waals surface area contributed by atoms with E-state index in [2.05, 4.69) is 6.58 Å². The lowest BCUT2D eigenvalue weighted by molar-refractivity contribution is -0.113. The quantitative estimate of drug-likeness (QED) is 0.465. The van der Waals surface area contributed by atoms with Crippen LogP contribution >= 0.6 is 35.0 Å². The average Bonchev–Trinajstić information content (AvgIpc) is 2.88. The van der Waals surface area contributed by atoms with Crippen LogP contribution in [0.15, 0.2) is 60.0 Å². The molecule has 3 rings (SSSR count). The normalized spacial score (nSPS) is 15.6. The molecule has 0 radical (unpaired) electrons. The van der Waals surface area contributed by atoms with Crippen LogP contribution in [0.1, 0.15) is 5.56 Å². The maximum absolute atomic E-state index is 12.6. The van der Waals surface area contributed by atoms with Crippen LogP contribution in [0, 0.1) is 0 Å². The number of benzene rings is 2. The molecule has 0 spiro atoms. The standard InChI is InChI=1S/C19H13Cl2NO3S/c1-2-8-25-16-7-6-12(9-15(16)21)10-17-18(23)22(19(24)26-17)14-5-3-4-13(20)11-14/h2-7,9-11H,1,8H2/b17-10-. The molecule has 0 unspecified atom stereocenters. The number of halogens is 2. The third-order valence-electron chi connectivity index (χ3n) is 3.47. The van der Waals surface area contributed by atoms with E-state index in [4.69, 9.17) is 27.9 Å². The molecule has 0 atom stereocenters. The highest BCUT2D eigenvalue weighted by atomic mass is 35.5. The van der Waals surface area contributed by atoms with Crippen LogP contribution in [0.25, 0.3) is 6.08 Å². The molecule has 0 aliphatic carbocycles. The number of ether oxygens (including phenoxy) is 1. The van der Waals surface area contributed by atoms with Crippen LogP contribution in [0.4, 0.5) is 10.5 Å². The number of amides is 2. The molecule has 2 amide bonds. The van der Waals surface area contributed by atoms with Crippen molar-refractivity contribution in [2.75, 3.05) is 11.5 Å². The number of hydrogen-bond donors (Lipinski definition) is 0. The molecule has 0 aromatic heterocycles. The van der Waals surface area contributed by atoms with Gasteiger partial charge in [-0.3, -0.25) is 9.59 Å². The van der Waals surface area contributed by atoms with Gasteiger partial charge in [-0.1, -0.05) is 48.0 Å². The topological polar surface area (TPSA) is 46.6 Å². The van der Waals surface area contributed by atoms with Crippen molar-refractivity contribution in [3.8, 4) is 5.75 Å². The molecule has 1 heterocycles. The van der Waals surface area contributed by atoms with Crippen molar-refractivity contribution in [3.05, 3.63) is 75.6 Å². The molecule has 2 aromatic carbocycles. The van der Waals surface area contributed by atoms with Crippen LogP contribution in [0.5, 0.6) is 5.75 Å². The zero-order valence-electron chi connectivity index (χ0n) is 13.4. The number of carbonyl (C=O) groups is 2. The molecule has 132 valence electrons. The Bertz CT molecular complexity index is 927. The lowest BCUT2D eigenvalue weighted by Crippen LogP contribution is -2.27. The van der Waals surface area contributed by atoms with Crippen molar-refractivity contribution in [3.63, 3.8) is 0 Å². The highest BCUT2D eigenvalue weighted by Crippen LogP contribution is 2.37. The van der Waals surface area contributed by atoms with E-state index in [1.165, 1.54) is 0 Å². The SMILES string of the molecule is C=CCOc1ccc(/C=C2\SC(=O)N(c3cccc(Cl)c3)C2=O)cc1Cl. The van der Waals surface area contributed by atoms with E-state index in [1.807, 2.05) is 0 Å². The molecule has 7 heteroatoms. The largest absolute Gasteiger partial charge is 0.488 e. The fourth-order valence-corrected chi connectivity index (χ4v) is 3.60. The van der Waals surface area contributed by atoms with E-state index in [9.17, 15) is 9.59 Å². The molecule has 1 fully saturated rings. The van der Waals surface area contributed by atoms with Crippen LogP contribution in [-0.2, 0) is 4.79 Å². The number of thioether (sulfide) groups is 1. The van der Waals surface area contributed by atoms with Gasteiger partial charge in [-0.05, 0) is 53.7 Å². The minimum Gasteiger partial charge on any atom is -0.488 e. The van der Waals surface area contributed by atoms with Gasteiger partial charge in [0.25, 0.3) is 11.1 Å². The molecule has 0 N–H and O–H groups in total. The van der Waals surface area contributed by atoms with Gasteiger partial charge in [0.2, 0.25) is 0 Å². The smallest absolute Gasteiger partial charge is 0.298 e. The molecular weight excluding hydrogens is 393 g/mol. The van der Waals surface area contributed by atoms with E-state index in [1.54, 1.807) is 54.6 Å².